The first-order chi connectivity index (χ1) is 20.1. The molecule has 2 aliphatic rings. The Balaban J connectivity index is 1.81. The quantitative estimate of drug-likeness (QED) is 0.385. The number of benzene rings is 1. The zero-order chi connectivity index (χ0) is 30.6. The molecule has 1 aliphatic carbocycles. The van der Waals surface area contributed by atoms with Gasteiger partial charge < -0.3 is 20.3 Å². The molecule has 9 atom stereocenters. The van der Waals surface area contributed by atoms with Gasteiger partial charge in [-0.15, -0.1) is 0 Å². The Hall–Kier alpha value is -2.95. The second-order valence-corrected chi connectivity index (χ2v) is 12.9. The van der Waals surface area contributed by atoms with Crippen LogP contribution < -0.4 is 5.32 Å². The third-order valence-electron chi connectivity index (χ3n) is 9.13. The lowest BCUT2D eigenvalue weighted by Gasteiger charge is -2.29. The highest BCUT2D eigenvalue weighted by atomic mass is 16.5. The van der Waals surface area contributed by atoms with E-state index in [1.54, 1.807) is 12.2 Å². The number of ether oxygens (including phenoxy) is 1. The molecule has 0 aromatic heterocycles. The van der Waals surface area contributed by atoms with E-state index in [2.05, 4.69) is 25.2 Å². The van der Waals surface area contributed by atoms with Gasteiger partial charge >= 0.3 is 5.97 Å². The Labute approximate surface area is 252 Å². The molecule has 1 fully saturated rings. The second kappa shape index (κ2) is 16.6. The van der Waals surface area contributed by atoms with E-state index in [0.29, 0.717) is 30.4 Å². The molecule has 7 heteroatoms. The zero-order valence-corrected chi connectivity index (χ0v) is 25.7. The number of hydrogen-bond donors (Lipinski definition) is 3. The average Bonchev–Trinajstić information content (AvgIpc) is 3.45. The van der Waals surface area contributed by atoms with E-state index in [0.717, 1.165) is 44.1 Å². The summed E-state index contributed by atoms with van der Waals surface area (Å²) in [4.78, 5) is 26.4. The highest BCUT2D eigenvalue weighted by molar-refractivity contribution is 5.79. The van der Waals surface area contributed by atoms with Crippen LogP contribution in [0.2, 0.25) is 0 Å². The normalized spacial score (nSPS) is 35.9. The number of aliphatic hydroxyl groups excluding tert-OH is 2. The van der Waals surface area contributed by atoms with E-state index in [-0.39, 0.29) is 36.0 Å². The van der Waals surface area contributed by atoms with Crippen molar-refractivity contribution < 1.29 is 24.5 Å². The summed E-state index contributed by atoms with van der Waals surface area (Å²) in [5.41, 5.74) is 1.33. The topological polar surface area (TPSA) is 120 Å². The van der Waals surface area contributed by atoms with Crippen molar-refractivity contribution in [2.75, 3.05) is 0 Å². The first-order valence-electron chi connectivity index (χ1n) is 15.7. The number of cyclic esters (lactones) is 1. The standard InChI is InChI=1S/C35H50N2O5/c1-23-17-24(2)19-26(4)34(40)28(21-36)13-8-9-16-32(42-33(39)20-31(38)25(3)18-23)29-14-10-15-30(29)35(41)37-22-27-11-6-5-7-12-27/h5-9,11-13,23-26,29-32,34,38,40H,10,14-20,22H2,1-4H3,(H,37,41)/b9-8+,28-13-/t23-,24+,25-,26-,29+,30+,31-,32-,34+/m0/s1. The van der Waals surface area contributed by atoms with Crippen molar-refractivity contribution >= 4 is 11.9 Å². The molecule has 1 amide bonds. The van der Waals surface area contributed by atoms with Crippen molar-refractivity contribution in [2.24, 2.45) is 35.5 Å². The number of hydrogen-bond acceptors (Lipinski definition) is 6. The summed E-state index contributed by atoms with van der Waals surface area (Å²) in [5, 5.41) is 34.6. The molecule has 0 bridgehead atoms. The van der Waals surface area contributed by atoms with Crippen LogP contribution >= 0.6 is 0 Å². The Bertz CT molecular complexity index is 1110. The summed E-state index contributed by atoms with van der Waals surface area (Å²) >= 11 is 0. The fourth-order valence-electron chi connectivity index (χ4n) is 6.90. The Morgan fingerprint density at radius 1 is 1.02 bits per heavy atom. The highest BCUT2D eigenvalue weighted by Crippen LogP contribution is 2.37. The third kappa shape index (κ3) is 10.1. The minimum atomic E-state index is -0.863. The number of esters is 1. The maximum atomic E-state index is 13.3. The summed E-state index contributed by atoms with van der Waals surface area (Å²) in [7, 11) is 0. The maximum absolute atomic E-state index is 13.3. The van der Waals surface area contributed by atoms with Crippen LogP contribution in [-0.2, 0) is 20.9 Å². The smallest absolute Gasteiger partial charge is 0.308 e. The van der Waals surface area contributed by atoms with Crippen molar-refractivity contribution in [3.8, 4) is 6.07 Å². The maximum Gasteiger partial charge on any atom is 0.308 e. The molecular formula is C35H50N2O5. The van der Waals surface area contributed by atoms with Crippen LogP contribution in [0.5, 0.6) is 0 Å². The van der Waals surface area contributed by atoms with Crippen molar-refractivity contribution in [1.82, 2.24) is 5.32 Å². The molecule has 3 N–H and O–H groups in total. The largest absolute Gasteiger partial charge is 0.462 e. The molecular weight excluding hydrogens is 528 g/mol. The lowest BCUT2D eigenvalue weighted by Crippen LogP contribution is -2.38. The Kier molecular flexibility index (Phi) is 13.3. The van der Waals surface area contributed by atoms with E-state index in [1.165, 1.54) is 0 Å². The number of allylic oxidation sites excluding steroid dienone is 2. The molecule has 0 saturated heterocycles. The summed E-state index contributed by atoms with van der Waals surface area (Å²) < 4.78 is 6.01. The van der Waals surface area contributed by atoms with Gasteiger partial charge in [0.1, 0.15) is 6.10 Å². The number of amides is 1. The molecule has 0 radical (unpaired) electrons. The van der Waals surface area contributed by atoms with Gasteiger partial charge in [0, 0.05) is 24.8 Å². The van der Waals surface area contributed by atoms with E-state index in [1.807, 2.05) is 50.3 Å². The average molecular weight is 579 g/mol. The molecule has 1 heterocycles. The van der Waals surface area contributed by atoms with E-state index >= 15 is 0 Å². The van der Waals surface area contributed by atoms with E-state index in [4.69, 9.17) is 4.74 Å². The van der Waals surface area contributed by atoms with Gasteiger partial charge in [0.25, 0.3) is 0 Å². The lowest BCUT2D eigenvalue weighted by atomic mass is 9.82. The molecule has 42 heavy (non-hydrogen) atoms. The zero-order valence-electron chi connectivity index (χ0n) is 25.7. The monoisotopic (exact) mass is 578 g/mol. The SMILES string of the molecule is C[C@@H]1C[C@H](C)C[C@H](C)[C@@H](O)CC(=O)O[C@H]([C@@H]2CCC[C@H]2C(=O)NCc2ccccc2)C/C=C/C=C(/C#N)[C@H](O)[C@@H](C)C1. The molecule has 0 unspecified atom stereocenters. The molecule has 230 valence electrons. The molecule has 1 aromatic rings. The summed E-state index contributed by atoms with van der Waals surface area (Å²) in [5.74, 6) is -0.396. The first kappa shape index (κ1) is 33.6. The predicted octanol–water partition coefficient (Wildman–Crippen LogP) is 5.87. The van der Waals surface area contributed by atoms with Gasteiger partial charge in [-0.2, -0.15) is 5.26 Å². The summed E-state index contributed by atoms with van der Waals surface area (Å²) in [6.07, 6.45) is 8.16. The van der Waals surface area contributed by atoms with Gasteiger partial charge in [-0.3, -0.25) is 9.59 Å². The number of nitrogens with zero attached hydrogens (tertiary/aromatic N) is 1. The van der Waals surface area contributed by atoms with Crippen molar-refractivity contribution in [1.29, 1.82) is 5.26 Å². The third-order valence-corrected chi connectivity index (χ3v) is 9.13. The van der Waals surface area contributed by atoms with Gasteiger partial charge in [0.05, 0.1) is 30.3 Å². The van der Waals surface area contributed by atoms with Gasteiger partial charge in [-0.25, -0.2) is 0 Å². The van der Waals surface area contributed by atoms with Gasteiger partial charge in [0.2, 0.25) is 5.91 Å². The Morgan fingerprint density at radius 3 is 2.40 bits per heavy atom. The van der Waals surface area contributed by atoms with Gasteiger partial charge in [0.15, 0.2) is 0 Å². The number of carbonyl (C=O) groups is 2. The van der Waals surface area contributed by atoms with Crippen LogP contribution in [0.3, 0.4) is 0 Å². The first-order valence-corrected chi connectivity index (χ1v) is 15.7. The van der Waals surface area contributed by atoms with Crippen molar-refractivity contribution in [3.05, 3.63) is 59.7 Å². The molecule has 1 saturated carbocycles. The van der Waals surface area contributed by atoms with E-state index < -0.39 is 24.3 Å². The van der Waals surface area contributed by atoms with Crippen LogP contribution in [0.15, 0.2) is 54.1 Å². The van der Waals surface area contributed by atoms with Crippen molar-refractivity contribution in [2.45, 2.75) is 104 Å². The number of rotatable bonds is 4. The van der Waals surface area contributed by atoms with Crippen LogP contribution in [0.25, 0.3) is 0 Å². The number of nitriles is 1. The molecule has 3 rings (SSSR count). The summed E-state index contributed by atoms with van der Waals surface area (Å²) in [6, 6.07) is 11.9. The molecule has 1 aliphatic heterocycles. The fourth-order valence-corrected chi connectivity index (χ4v) is 6.90. The van der Waals surface area contributed by atoms with E-state index in [9.17, 15) is 25.1 Å². The van der Waals surface area contributed by atoms with Gasteiger partial charge in [-0.1, -0.05) is 76.6 Å². The number of carbonyl (C=O) groups excluding carboxylic acids is 2. The van der Waals surface area contributed by atoms with Crippen LogP contribution in [-0.4, -0.2) is 40.4 Å². The number of aliphatic hydroxyl groups is 2. The minimum absolute atomic E-state index is 0.0403. The molecule has 0 spiro atoms. The van der Waals surface area contributed by atoms with Gasteiger partial charge in [-0.05, 0) is 67.4 Å². The molecule has 7 nitrogen and oxygen atoms in total. The van der Waals surface area contributed by atoms with Crippen LogP contribution in [0.4, 0.5) is 0 Å². The molecule has 1 aromatic carbocycles. The highest BCUT2D eigenvalue weighted by Gasteiger charge is 2.39. The van der Waals surface area contributed by atoms with Crippen LogP contribution in [0, 0.1) is 46.8 Å². The summed E-state index contributed by atoms with van der Waals surface area (Å²) in [6.45, 7) is 8.70. The van der Waals surface area contributed by atoms with Crippen molar-refractivity contribution in [3.63, 3.8) is 0 Å². The lowest BCUT2D eigenvalue weighted by molar-refractivity contribution is -0.156. The Morgan fingerprint density at radius 2 is 1.71 bits per heavy atom. The number of nitrogens with one attached hydrogen (secondary N) is 1. The fraction of sp³-hybridized carbons (Fsp3) is 0.629. The predicted molar refractivity (Wildman–Crippen MR) is 164 cm³/mol. The second-order valence-electron chi connectivity index (χ2n) is 12.9. The minimum Gasteiger partial charge on any atom is -0.462 e. The van der Waals surface area contributed by atoms with Crippen LogP contribution in [0.1, 0.15) is 84.6 Å².